The number of nitrogens with one attached hydrogen (secondary N) is 1. The summed E-state index contributed by atoms with van der Waals surface area (Å²) >= 11 is 0. The van der Waals surface area contributed by atoms with Gasteiger partial charge in [-0.25, -0.2) is 4.98 Å². The van der Waals surface area contributed by atoms with Crippen molar-refractivity contribution in [1.82, 2.24) is 9.97 Å². The highest BCUT2D eigenvalue weighted by molar-refractivity contribution is 5.77. The minimum absolute atomic E-state index is 0.169. The fourth-order valence-electron chi connectivity index (χ4n) is 2.77. The van der Waals surface area contributed by atoms with Crippen molar-refractivity contribution in [3.63, 3.8) is 0 Å². The number of rotatable bonds is 2. The predicted octanol–water partition coefficient (Wildman–Crippen LogP) is 4.02. The summed E-state index contributed by atoms with van der Waals surface area (Å²) in [7, 11) is 0. The third-order valence-corrected chi connectivity index (χ3v) is 3.77. The monoisotopic (exact) mass is 290 g/mol. The lowest BCUT2D eigenvalue weighted by molar-refractivity contribution is 1.19. The molecule has 0 aliphatic heterocycles. The first-order valence-corrected chi connectivity index (χ1v) is 7.29. The standard InChI is InChI=1S/C19H18N2O/c1-12-10-13(2)15(14(3)11-12)8-9-18-19(22)21-17-7-5-4-6-16(17)20-18/h4-11H,1-3H3,(H,21,22)/b9-8+. The summed E-state index contributed by atoms with van der Waals surface area (Å²) in [5.74, 6) is 0. The van der Waals surface area contributed by atoms with Crippen molar-refractivity contribution in [2.45, 2.75) is 20.8 Å². The molecule has 0 amide bonds. The Kier molecular flexibility index (Phi) is 3.63. The van der Waals surface area contributed by atoms with E-state index < -0.39 is 0 Å². The summed E-state index contributed by atoms with van der Waals surface area (Å²) in [6.07, 6.45) is 3.76. The number of hydrogen-bond acceptors (Lipinski definition) is 2. The molecule has 1 N–H and O–H groups in total. The van der Waals surface area contributed by atoms with Crippen LogP contribution in [0.25, 0.3) is 23.2 Å². The molecule has 0 spiro atoms. The lowest BCUT2D eigenvalue weighted by Crippen LogP contribution is -2.11. The number of nitrogens with zero attached hydrogens (tertiary/aromatic N) is 1. The van der Waals surface area contributed by atoms with Gasteiger partial charge in [0.1, 0.15) is 5.69 Å². The molecule has 0 saturated heterocycles. The van der Waals surface area contributed by atoms with Gasteiger partial charge in [-0.1, -0.05) is 35.9 Å². The van der Waals surface area contributed by atoms with Crippen LogP contribution < -0.4 is 5.56 Å². The normalized spacial score (nSPS) is 11.4. The highest BCUT2D eigenvalue weighted by Gasteiger charge is 2.03. The molecule has 110 valence electrons. The molecular weight excluding hydrogens is 272 g/mol. The Labute approximate surface area is 129 Å². The Hall–Kier alpha value is -2.68. The second kappa shape index (κ2) is 5.60. The summed E-state index contributed by atoms with van der Waals surface area (Å²) in [5.41, 5.74) is 6.59. The maximum absolute atomic E-state index is 12.1. The first kappa shape index (κ1) is 14.3. The van der Waals surface area contributed by atoms with E-state index in [9.17, 15) is 4.79 Å². The van der Waals surface area contributed by atoms with E-state index in [1.807, 2.05) is 30.3 Å². The number of fused-ring (bicyclic) bond motifs is 1. The van der Waals surface area contributed by atoms with E-state index in [2.05, 4.69) is 42.9 Å². The highest BCUT2D eigenvalue weighted by atomic mass is 16.1. The smallest absolute Gasteiger partial charge is 0.274 e. The fraction of sp³-hybridized carbons (Fsp3) is 0.158. The topological polar surface area (TPSA) is 45.8 Å². The zero-order valence-corrected chi connectivity index (χ0v) is 13.0. The maximum Gasteiger partial charge on any atom is 0.274 e. The lowest BCUT2D eigenvalue weighted by Gasteiger charge is -2.07. The number of H-pyrrole nitrogens is 1. The zero-order valence-electron chi connectivity index (χ0n) is 13.0. The molecule has 0 aliphatic carbocycles. The second-order valence-electron chi connectivity index (χ2n) is 5.61. The molecule has 1 aromatic heterocycles. The van der Waals surface area contributed by atoms with Crippen LogP contribution in [0.15, 0.2) is 41.2 Å². The molecule has 3 heteroatoms. The van der Waals surface area contributed by atoms with Crippen molar-refractivity contribution in [3.05, 3.63) is 74.7 Å². The summed E-state index contributed by atoms with van der Waals surface area (Å²) in [6.45, 7) is 6.25. The summed E-state index contributed by atoms with van der Waals surface area (Å²) in [4.78, 5) is 19.4. The van der Waals surface area contributed by atoms with Crippen molar-refractivity contribution in [1.29, 1.82) is 0 Å². The highest BCUT2D eigenvalue weighted by Crippen LogP contribution is 2.18. The minimum atomic E-state index is -0.169. The van der Waals surface area contributed by atoms with Crippen LogP contribution >= 0.6 is 0 Å². The molecule has 0 fully saturated rings. The molecule has 0 aliphatic rings. The Morgan fingerprint density at radius 2 is 1.68 bits per heavy atom. The predicted molar refractivity (Wildman–Crippen MR) is 91.9 cm³/mol. The summed E-state index contributed by atoms with van der Waals surface area (Å²) in [5, 5.41) is 0. The van der Waals surface area contributed by atoms with E-state index in [1.54, 1.807) is 6.08 Å². The molecular formula is C19H18N2O. The van der Waals surface area contributed by atoms with Gasteiger partial charge in [0.15, 0.2) is 0 Å². The molecule has 22 heavy (non-hydrogen) atoms. The van der Waals surface area contributed by atoms with Gasteiger partial charge >= 0.3 is 0 Å². The van der Waals surface area contributed by atoms with Gasteiger partial charge in [0, 0.05) is 0 Å². The van der Waals surface area contributed by atoms with Gasteiger partial charge in [0.25, 0.3) is 5.56 Å². The number of para-hydroxylation sites is 2. The van der Waals surface area contributed by atoms with Gasteiger partial charge in [-0.05, 0) is 55.7 Å². The number of hydrogen-bond donors (Lipinski definition) is 1. The fourth-order valence-corrected chi connectivity index (χ4v) is 2.77. The Morgan fingerprint density at radius 1 is 1.00 bits per heavy atom. The average molecular weight is 290 g/mol. The van der Waals surface area contributed by atoms with Crippen LogP contribution in [0.3, 0.4) is 0 Å². The first-order chi connectivity index (χ1) is 10.5. The number of benzene rings is 2. The van der Waals surface area contributed by atoms with E-state index in [0.29, 0.717) is 5.69 Å². The minimum Gasteiger partial charge on any atom is -0.319 e. The van der Waals surface area contributed by atoms with Crippen molar-refractivity contribution < 1.29 is 0 Å². The van der Waals surface area contributed by atoms with Gasteiger partial charge in [0.2, 0.25) is 0 Å². The zero-order chi connectivity index (χ0) is 15.7. The molecule has 1 heterocycles. The molecule has 0 atom stereocenters. The van der Waals surface area contributed by atoms with Crippen molar-refractivity contribution >= 4 is 23.2 Å². The summed E-state index contributed by atoms with van der Waals surface area (Å²) < 4.78 is 0. The third-order valence-electron chi connectivity index (χ3n) is 3.77. The third kappa shape index (κ3) is 2.70. The molecule has 0 radical (unpaired) electrons. The van der Waals surface area contributed by atoms with E-state index in [1.165, 1.54) is 16.7 Å². The van der Waals surface area contributed by atoms with Gasteiger partial charge in [-0.3, -0.25) is 4.79 Å². The van der Waals surface area contributed by atoms with E-state index >= 15 is 0 Å². The van der Waals surface area contributed by atoms with Crippen LogP contribution in [0.1, 0.15) is 27.9 Å². The van der Waals surface area contributed by atoms with Crippen molar-refractivity contribution in [2.75, 3.05) is 0 Å². The molecule has 0 bridgehead atoms. The van der Waals surface area contributed by atoms with Crippen molar-refractivity contribution in [3.8, 4) is 0 Å². The molecule has 2 aromatic carbocycles. The average Bonchev–Trinajstić information content (AvgIpc) is 2.46. The lowest BCUT2D eigenvalue weighted by atomic mass is 9.99. The van der Waals surface area contributed by atoms with Gasteiger partial charge < -0.3 is 4.98 Å². The maximum atomic E-state index is 12.1. The van der Waals surface area contributed by atoms with Gasteiger partial charge in [0.05, 0.1) is 11.0 Å². The largest absolute Gasteiger partial charge is 0.319 e. The van der Waals surface area contributed by atoms with E-state index in [-0.39, 0.29) is 5.56 Å². The van der Waals surface area contributed by atoms with Crippen LogP contribution in [0.5, 0.6) is 0 Å². The van der Waals surface area contributed by atoms with Gasteiger partial charge in [-0.15, -0.1) is 0 Å². The number of aromatic nitrogens is 2. The molecule has 0 saturated carbocycles. The van der Waals surface area contributed by atoms with Gasteiger partial charge in [-0.2, -0.15) is 0 Å². The number of aryl methyl sites for hydroxylation is 3. The number of aromatic amines is 1. The Bertz CT molecular complexity index is 913. The van der Waals surface area contributed by atoms with Crippen molar-refractivity contribution in [2.24, 2.45) is 0 Å². The Balaban J connectivity index is 2.06. The van der Waals surface area contributed by atoms with Crippen LogP contribution in [-0.2, 0) is 0 Å². The molecule has 3 aromatic rings. The molecule has 3 nitrogen and oxygen atoms in total. The van der Waals surface area contributed by atoms with Crippen LogP contribution in [0.4, 0.5) is 0 Å². The van der Waals surface area contributed by atoms with Crippen LogP contribution in [0, 0.1) is 20.8 Å². The van der Waals surface area contributed by atoms with Crippen LogP contribution in [-0.4, -0.2) is 9.97 Å². The molecule has 0 unspecified atom stereocenters. The SMILES string of the molecule is Cc1cc(C)c(/C=C/c2nc3ccccc3[nH]c2=O)c(C)c1. The molecule has 3 rings (SSSR count). The second-order valence-corrected chi connectivity index (χ2v) is 5.61. The first-order valence-electron chi connectivity index (χ1n) is 7.29. The van der Waals surface area contributed by atoms with E-state index in [4.69, 9.17) is 0 Å². The summed E-state index contributed by atoms with van der Waals surface area (Å²) in [6, 6.07) is 11.8. The van der Waals surface area contributed by atoms with E-state index in [0.717, 1.165) is 16.6 Å². The quantitative estimate of drug-likeness (QED) is 0.775. The van der Waals surface area contributed by atoms with Crippen LogP contribution in [0.2, 0.25) is 0 Å². The Morgan fingerprint density at radius 3 is 2.41 bits per heavy atom.